The number of fused-ring (bicyclic) bond motifs is 1. The van der Waals surface area contributed by atoms with Gasteiger partial charge in [0.25, 0.3) is 0 Å². The monoisotopic (exact) mass is 654 g/mol. The smallest absolute Gasteiger partial charge is 0.410 e. The van der Waals surface area contributed by atoms with Crippen molar-refractivity contribution in [1.82, 2.24) is 4.90 Å². The summed E-state index contributed by atoms with van der Waals surface area (Å²) in [4.78, 5) is 14.5. The molecule has 5 rings (SSSR count). The lowest BCUT2D eigenvalue weighted by atomic mass is 9.84. The van der Waals surface area contributed by atoms with E-state index in [2.05, 4.69) is 0 Å². The van der Waals surface area contributed by atoms with Gasteiger partial charge in [-0.25, -0.2) is 13.6 Å². The first kappa shape index (κ1) is 33.5. The van der Waals surface area contributed by atoms with Crippen LogP contribution in [0.1, 0.15) is 56.7 Å². The van der Waals surface area contributed by atoms with E-state index in [-0.39, 0.29) is 65.7 Å². The number of methoxy groups -OCH3 is 1. The summed E-state index contributed by atoms with van der Waals surface area (Å²) < 4.78 is 60.6. The van der Waals surface area contributed by atoms with Crippen molar-refractivity contribution in [3.8, 4) is 28.7 Å². The Labute approximate surface area is 272 Å². The summed E-state index contributed by atoms with van der Waals surface area (Å²) in [5.74, 6) is -1.75. The third-order valence-corrected chi connectivity index (χ3v) is 8.60. The molecular weight excluding hydrogens is 618 g/mol. The largest absolute Gasteiger partial charge is 0.488 e. The van der Waals surface area contributed by atoms with Crippen molar-refractivity contribution in [2.75, 3.05) is 33.5 Å². The molecule has 0 bridgehead atoms. The number of nitriles is 1. The fourth-order valence-corrected chi connectivity index (χ4v) is 6.17. The molecule has 2 heterocycles. The van der Waals surface area contributed by atoms with Gasteiger partial charge in [-0.1, -0.05) is 41.9 Å². The molecule has 244 valence electrons. The Morgan fingerprint density at radius 2 is 1.89 bits per heavy atom. The molecular formula is C35H37ClF2N2O6. The zero-order chi connectivity index (χ0) is 33.1. The van der Waals surface area contributed by atoms with E-state index in [1.807, 2.05) is 57.2 Å². The van der Waals surface area contributed by atoms with Gasteiger partial charge in [0, 0.05) is 41.3 Å². The second-order valence-corrected chi connectivity index (χ2v) is 12.7. The van der Waals surface area contributed by atoms with Crippen molar-refractivity contribution in [1.29, 1.82) is 5.26 Å². The zero-order valence-corrected chi connectivity index (χ0v) is 27.1. The molecule has 2 aliphatic rings. The Bertz CT molecular complexity index is 1620. The molecule has 1 saturated heterocycles. The highest BCUT2D eigenvalue weighted by Gasteiger charge is 2.48. The van der Waals surface area contributed by atoms with Crippen LogP contribution in [-0.4, -0.2) is 56.3 Å². The second-order valence-electron chi connectivity index (χ2n) is 12.3. The van der Waals surface area contributed by atoms with Crippen LogP contribution in [0.5, 0.6) is 11.5 Å². The molecule has 2 atom stereocenters. The van der Waals surface area contributed by atoms with E-state index in [9.17, 15) is 10.1 Å². The quantitative estimate of drug-likeness (QED) is 0.218. The van der Waals surface area contributed by atoms with Crippen molar-refractivity contribution in [2.24, 2.45) is 0 Å². The maximum atomic E-state index is 16.4. The van der Waals surface area contributed by atoms with Gasteiger partial charge >= 0.3 is 6.09 Å². The number of rotatable bonds is 9. The van der Waals surface area contributed by atoms with Crippen LogP contribution in [0.2, 0.25) is 5.02 Å². The van der Waals surface area contributed by atoms with Gasteiger partial charge in [0.15, 0.2) is 23.5 Å². The van der Waals surface area contributed by atoms with E-state index in [0.29, 0.717) is 17.7 Å². The molecule has 3 aromatic rings. The van der Waals surface area contributed by atoms with Crippen molar-refractivity contribution in [3.05, 3.63) is 81.9 Å². The fraction of sp³-hybridized carbons (Fsp3) is 0.429. The third-order valence-electron chi connectivity index (χ3n) is 8.23. The molecule has 3 aromatic carbocycles. The predicted octanol–water partition coefficient (Wildman–Crippen LogP) is 7.78. The van der Waals surface area contributed by atoms with E-state index in [1.54, 1.807) is 0 Å². The van der Waals surface area contributed by atoms with Crippen molar-refractivity contribution >= 4 is 17.7 Å². The van der Waals surface area contributed by atoms with Crippen molar-refractivity contribution in [3.63, 3.8) is 0 Å². The second kappa shape index (κ2) is 13.8. The number of nitrogens with zero attached hydrogens (tertiary/aromatic N) is 2. The Balaban J connectivity index is 1.56. The first-order valence-corrected chi connectivity index (χ1v) is 15.6. The molecule has 2 unspecified atom stereocenters. The van der Waals surface area contributed by atoms with E-state index >= 15 is 8.78 Å². The van der Waals surface area contributed by atoms with Crippen molar-refractivity contribution < 1.29 is 37.3 Å². The highest BCUT2D eigenvalue weighted by atomic mass is 35.5. The van der Waals surface area contributed by atoms with E-state index in [4.69, 9.17) is 35.3 Å². The average molecular weight is 655 g/mol. The van der Waals surface area contributed by atoms with Crippen LogP contribution in [0.4, 0.5) is 13.6 Å². The number of hydrogen-bond acceptors (Lipinski definition) is 7. The molecule has 0 aromatic heterocycles. The lowest BCUT2D eigenvalue weighted by Crippen LogP contribution is -2.54. The van der Waals surface area contributed by atoms with Gasteiger partial charge in [0.2, 0.25) is 0 Å². The van der Waals surface area contributed by atoms with Gasteiger partial charge in [-0.2, -0.15) is 5.26 Å². The highest BCUT2D eigenvalue weighted by molar-refractivity contribution is 6.34. The van der Waals surface area contributed by atoms with Crippen LogP contribution < -0.4 is 9.47 Å². The highest BCUT2D eigenvalue weighted by Crippen LogP contribution is 2.51. The Hall–Kier alpha value is -3.91. The zero-order valence-electron chi connectivity index (χ0n) is 26.3. The number of carbonyl (C=O) groups is 1. The number of carbonyl (C=O) groups excluding carboxylic acids is 1. The molecule has 1 amide bonds. The fourth-order valence-electron chi connectivity index (χ4n) is 5.90. The standard InChI is InChI=1S/C35H37ClF2N2O6/c1-34(2,3)40(33(41)42-4)21-35(23-10-6-5-7-11-23)19-24-27(46-35)18-25(37)31(36)30(24)29-22(20-39)13-14-26(32(29)38)43-16-17-45-28-12-8-9-15-44-28/h5-7,10-11,13-14,18,28H,8-9,12,15-17,19,21H2,1-4H3. The predicted molar refractivity (Wildman–Crippen MR) is 168 cm³/mol. The van der Waals surface area contributed by atoms with E-state index in [1.165, 1.54) is 24.1 Å². The number of ether oxygens (including phenoxy) is 5. The summed E-state index contributed by atoms with van der Waals surface area (Å²) in [6.07, 6.45) is 1.94. The lowest BCUT2D eigenvalue weighted by Gasteiger charge is -2.41. The van der Waals surface area contributed by atoms with Crippen LogP contribution in [0.3, 0.4) is 0 Å². The van der Waals surface area contributed by atoms with Crippen LogP contribution in [-0.2, 0) is 26.2 Å². The summed E-state index contributed by atoms with van der Waals surface area (Å²) in [6.45, 7) is 6.41. The van der Waals surface area contributed by atoms with Crippen LogP contribution in [0, 0.1) is 23.0 Å². The minimum atomic E-state index is -1.23. The third kappa shape index (κ3) is 6.77. The summed E-state index contributed by atoms with van der Waals surface area (Å²) in [5, 5.41) is 9.66. The molecule has 11 heteroatoms. The SMILES string of the molecule is COC(=O)N(CC1(c2ccccc2)Cc2c(cc(F)c(Cl)c2-c2c(C#N)ccc(OCCOC3CCCCO3)c2F)O1)C(C)(C)C. The summed E-state index contributed by atoms with van der Waals surface area (Å²) in [6, 6.07) is 15.1. The minimum absolute atomic E-state index is 0.0128. The maximum absolute atomic E-state index is 16.4. The molecule has 1 fully saturated rings. The van der Waals surface area contributed by atoms with Gasteiger partial charge in [0.1, 0.15) is 18.2 Å². The molecule has 0 aliphatic carbocycles. The summed E-state index contributed by atoms with van der Waals surface area (Å²) in [7, 11) is 1.30. The van der Waals surface area contributed by atoms with Gasteiger partial charge in [-0.15, -0.1) is 0 Å². The van der Waals surface area contributed by atoms with Crippen LogP contribution in [0.25, 0.3) is 11.1 Å². The Morgan fingerprint density at radius 1 is 1.13 bits per heavy atom. The molecule has 2 aliphatic heterocycles. The normalized spacial score (nSPS) is 19.1. The maximum Gasteiger partial charge on any atom is 0.410 e. The van der Waals surface area contributed by atoms with E-state index in [0.717, 1.165) is 25.3 Å². The van der Waals surface area contributed by atoms with Gasteiger partial charge < -0.3 is 23.7 Å². The molecule has 46 heavy (non-hydrogen) atoms. The number of hydrogen-bond donors (Lipinski definition) is 0. The number of halogens is 3. The van der Waals surface area contributed by atoms with Gasteiger partial charge in [-0.05, 0) is 57.7 Å². The Kier molecular flexibility index (Phi) is 10.1. The lowest BCUT2D eigenvalue weighted by molar-refractivity contribution is -0.165. The first-order valence-electron chi connectivity index (χ1n) is 15.2. The number of amides is 1. The molecule has 0 N–H and O–H groups in total. The van der Waals surface area contributed by atoms with Crippen molar-refractivity contribution in [2.45, 2.75) is 63.9 Å². The molecule has 0 saturated carbocycles. The minimum Gasteiger partial charge on any atom is -0.488 e. The topological polar surface area (TPSA) is 90.3 Å². The first-order chi connectivity index (χ1) is 22.0. The molecule has 0 radical (unpaired) electrons. The average Bonchev–Trinajstić information content (AvgIpc) is 3.42. The Morgan fingerprint density at radius 3 is 2.54 bits per heavy atom. The molecule has 8 nitrogen and oxygen atoms in total. The van der Waals surface area contributed by atoms with Crippen LogP contribution >= 0.6 is 11.6 Å². The van der Waals surface area contributed by atoms with E-state index < -0.39 is 28.9 Å². The van der Waals surface area contributed by atoms with Gasteiger partial charge in [-0.3, -0.25) is 4.90 Å². The summed E-state index contributed by atoms with van der Waals surface area (Å²) in [5.41, 5.74) is -1.10. The number of benzene rings is 3. The van der Waals surface area contributed by atoms with Crippen LogP contribution in [0.15, 0.2) is 48.5 Å². The molecule has 0 spiro atoms. The van der Waals surface area contributed by atoms with Gasteiger partial charge in [0.05, 0.1) is 36.9 Å². The summed E-state index contributed by atoms with van der Waals surface area (Å²) >= 11 is 6.60.